The fraction of sp³-hybridized carbons (Fsp3) is 0.417. The van der Waals surface area contributed by atoms with Gasteiger partial charge in [0.25, 0.3) is 0 Å². The van der Waals surface area contributed by atoms with Crippen molar-refractivity contribution in [2.75, 3.05) is 23.8 Å². The van der Waals surface area contributed by atoms with Crippen molar-refractivity contribution in [3.05, 3.63) is 53.6 Å². The van der Waals surface area contributed by atoms with Crippen molar-refractivity contribution < 1.29 is 18.0 Å². The van der Waals surface area contributed by atoms with Crippen molar-refractivity contribution in [3.8, 4) is 0 Å². The van der Waals surface area contributed by atoms with Crippen molar-refractivity contribution in [1.82, 2.24) is 4.31 Å². The molecule has 2 aromatic rings. The number of benzene rings is 2. The van der Waals surface area contributed by atoms with Gasteiger partial charge in [0.1, 0.15) is 0 Å². The Morgan fingerprint density at radius 3 is 2.53 bits per heavy atom. The van der Waals surface area contributed by atoms with Gasteiger partial charge in [-0.1, -0.05) is 24.6 Å². The number of fused-ring (bicyclic) bond motifs is 1. The third-order valence-electron chi connectivity index (χ3n) is 6.45. The van der Waals surface area contributed by atoms with E-state index < -0.39 is 15.9 Å². The van der Waals surface area contributed by atoms with Gasteiger partial charge in [-0.2, -0.15) is 4.31 Å². The van der Waals surface area contributed by atoms with Gasteiger partial charge in [0.15, 0.2) is 0 Å². The molecule has 1 N–H and O–H groups in total. The summed E-state index contributed by atoms with van der Waals surface area (Å²) in [5.41, 5.74) is 3.21. The van der Waals surface area contributed by atoms with E-state index in [-0.39, 0.29) is 29.3 Å². The van der Waals surface area contributed by atoms with E-state index in [4.69, 9.17) is 0 Å². The molecule has 1 saturated carbocycles. The first kappa shape index (κ1) is 22.5. The van der Waals surface area contributed by atoms with Crippen LogP contribution in [0.1, 0.15) is 37.3 Å². The Kier molecular flexibility index (Phi) is 6.09. The largest absolute Gasteiger partial charge is 0.325 e. The highest BCUT2D eigenvalue weighted by atomic mass is 32.2. The first-order valence-corrected chi connectivity index (χ1v) is 12.4. The zero-order valence-corrected chi connectivity index (χ0v) is 19.5. The van der Waals surface area contributed by atoms with E-state index >= 15 is 0 Å². The van der Waals surface area contributed by atoms with Crippen molar-refractivity contribution >= 4 is 33.2 Å². The molecule has 2 amide bonds. The molecule has 4 rings (SSSR count). The predicted molar refractivity (Wildman–Crippen MR) is 124 cm³/mol. The minimum Gasteiger partial charge on any atom is -0.325 e. The number of hydrogen-bond acceptors (Lipinski definition) is 4. The summed E-state index contributed by atoms with van der Waals surface area (Å²) in [5.74, 6) is -0.176. The lowest BCUT2D eigenvalue weighted by Gasteiger charge is -2.32. The number of likely N-dealkylation sites (N-methyl/N-ethyl adjacent to an activating group) is 1. The standard InChI is InChI=1S/C24H29N3O4S/c1-16-7-4-5-10-21(16)25-23(28)15-26(3)32(30,31)20-11-12-22-19(14-20)13-17(2)27(22)24(29)18-8-6-9-18/h4-5,7,10-12,14,17-18H,6,8-9,13,15H2,1-3H3,(H,25,28)/t17-/m1/s1. The highest BCUT2D eigenvalue weighted by molar-refractivity contribution is 7.89. The minimum absolute atomic E-state index is 0.00803. The molecule has 0 spiro atoms. The molecule has 2 aromatic carbocycles. The Morgan fingerprint density at radius 1 is 1.16 bits per heavy atom. The lowest BCUT2D eigenvalue weighted by molar-refractivity contribution is -0.125. The summed E-state index contributed by atoms with van der Waals surface area (Å²) >= 11 is 0. The highest BCUT2D eigenvalue weighted by Crippen LogP contribution is 2.38. The van der Waals surface area contributed by atoms with Crippen LogP contribution in [0.5, 0.6) is 0 Å². The summed E-state index contributed by atoms with van der Waals surface area (Å²) in [6, 6.07) is 12.2. The number of aryl methyl sites for hydroxylation is 1. The van der Waals surface area contributed by atoms with Gasteiger partial charge < -0.3 is 10.2 Å². The van der Waals surface area contributed by atoms with Gasteiger partial charge in [-0.15, -0.1) is 0 Å². The molecule has 32 heavy (non-hydrogen) atoms. The average molecular weight is 456 g/mol. The second-order valence-corrected chi connectivity index (χ2v) is 10.8. The molecule has 0 unspecified atom stereocenters. The van der Waals surface area contributed by atoms with Gasteiger partial charge >= 0.3 is 0 Å². The third-order valence-corrected chi connectivity index (χ3v) is 8.25. The number of carbonyl (C=O) groups is 2. The zero-order chi connectivity index (χ0) is 23.0. The van der Waals surface area contributed by atoms with Crippen molar-refractivity contribution in [3.63, 3.8) is 0 Å². The average Bonchev–Trinajstić information content (AvgIpc) is 3.03. The quantitative estimate of drug-likeness (QED) is 0.724. The van der Waals surface area contributed by atoms with E-state index in [9.17, 15) is 18.0 Å². The van der Waals surface area contributed by atoms with Gasteiger partial charge in [0, 0.05) is 30.4 Å². The second-order valence-electron chi connectivity index (χ2n) is 8.80. The molecule has 170 valence electrons. The second kappa shape index (κ2) is 8.67. The van der Waals surface area contributed by atoms with Crippen LogP contribution >= 0.6 is 0 Å². The van der Waals surface area contributed by atoms with Gasteiger partial charge in [0.2, 0.25) is 21.8 Å². The summed E-state index contributed by atoms with van der Waals surface area (Å²) in [4.78, 5) is 27.2. The van der Waals surface area contributed by atoms with Crippen LogP contribution in [0.2, 0.25) is 0 Å². The first-order valence-electron chi connectivity index (χ1n) is 11.0. The normalized spacial score (nSPS) is 18.4. The SMILES string of the molecule is Cc1ccccc1NC(=O)CN(C)S(=O)(=O)c1ccc2c(c1)C[C@@H](C)N2C(=O)C1CCC1. The summed E-state index contributed by atoms with van der Waals surface area (Å²) < 4.78 is 27.3. The van der Waals surface area contributed by atoms with Crippen LogP contribution in [0, 0.1) is 12.8 Å². The van der Waals surface area contributed by atoms with Crippen LogP contribution in [-0.4, -0.2) is 44.2 Å². The summed E-state index contributed by atoms with van der Waals surface area (Å²) in [7, 11) is -2.46. The van der Waals surface area contributed by atoms with Crippen LogP contribution < -0.4 is 10.2 Å². The molecule has 1 atom stereocenters. The topological polar surface area (TPSA) is 86.8 Å². The van der Waals surface area contributed by atoms with E-state index in [2.05, 4.69) is 5.32 Å². The number of para-hydroxylation sites is 1. The third kappa shape index (κ3) is 4.17. The number of anilines is 2. The van der Waals surface area contributed by atoms with E-state index in [1.165, 1.54) is 13.1 Å². The van der Waals surface area contributed by atoms with Crippen LogP contribution in [0.3, 0.4) is 0 Å². The molecule has 7 nitrogen and oxygen atoms in total. The highest BCUT2D eigenvalue weighted by Gasteiger charge is 2.37. The van der Waals surface area contributed by atoms with E-state index in [1.54, 1.807) is 18.2 Å². The maximum absolute atomic E-state index is 13.1. The molecule has 2 aliphatic rings. The smallest absolute Gasteiger partial charge is 0.243 e. The van der Waals surface area contributed by atoms with Crippen molar-refractivity contribution in [1.29, 1.82) is 0 Å². The van der Waals surface area contributed by atoms with Gasteiger partial charge in [-0.05, 0) is 68.5 Å². The predicted octanol–water partition coefficient (Wildman–Crippen LogP) is 3.33. The number of nitrogens with one attached hydrogen (secondary N) is 1. The molecule has 1 aliphatic carbocycles. The maximum Gasteiger partial charge on any atom is 0.243 e. The fourth-order valence-electron chi connectivity index (χ4n) is 4.33. The summed E-state index contributed by atoms with van der Waals surface area (Å²) in [6.45, 7) is 3.57. The van der Waals surface area contributed by atoms with E-state index in [0.717, 1.165) is 40.4 Å². The molecule has 8 heteroatoms. The number of hydrogen-bond donors (Lipinski definition) is 1. The van der Waals surface area contributed by atoms with Crippen LogP contribution in [0.15, 0.2) is 47.4 Å². The van der Waals surface area contributed by atoms with Crippen molar-refractivity contribution in [2.24, 2.45) is 5.92 Å². The molecule has 0 saturated heterocycles. The van der Waals surface area contributed by atoms with Crippen LogP contribution in [0.25, 0.3) is 0 Å². The lowest BCUT2D eigenvalue weighted by Crippen LogP contribution is -2.42. The lowest BCUT2D eigenvalue weighted by atomic mass is 9.84. The summed E-state index contributed by atoms with van der Waals surface area (Å²) in [6.07, 6.45) is 3.57. The van der Waals surface area contributed by atoms with Gasteiger partial charge in [0.05, 0.1) is 11.4 Å². The van der Waals surface area contributed by atoms with Crippen LogP contribution in [-0.2, 0) is 26.0 Å². The number of nitrogens with zero attached hydrogens (tertiary/aromatic N) is 2. The van der Waals surface area contributed by atoms with E-state index in [0.29, 0.717) is 12.1 Å². The number of rotatable bonds is 6. The molecule has 0 aromatic heterocycles. The monoisotopic (exact) mass is 455 g/mol. The maximum atomic E-state index is 13.1. The Labute approximate surface area is 189 Å². The molecule has 1 heterocycles. The first-order chi connectivity index (χ1) is 15.2. The van der Waals surface area contributed by atoms with Gasteiger partial charge in [-0.25, -0.2) is 8.42 Å². The fourth-order valence-corrected chi connectivity index (χ4v) is 5.50. The summed E-state index contributed by atoms with van der Waals surface area (Å²) in [5, 5.41) is 2.76. The Morgan fingerprint density at radius 2 is 1.88 bits per heavy atom. The minimum atomic E-state index is -3.85. The molecule has 0 radical (unpaired) electrons. The number of amides is 2. The van der Waals surface area contributed by atoms with Crippen molar-refractivity contribution in [2.45, 2.75) is 50.5 Å². The number of sulfonamides is 1. The molecular formula is C24H29N3O4S. The molecule has 0 bridgehead atoms. The number of carbonyl (C=O) groups excluding carboxylic acids is 2. The Balaban J connectivity index is 1.49. The molecular weight excluding hydrogens is 426 g/mol. The molecule has 1 fully saturated rings. The Bertz CT molecular complexity index is 1160. The van der Waals surface area contributed by atoms with E-state index in [1.807, 2.05) is 36.9 Å². The Hall–Kier alpha value is -2.71. The molecule has 1 aliphatic heterocycles. The van der Waals surface area contributed by atoms with Crippen LogP contribution in [0.4, 0.5) is 11.4 Å². The van der Waals surface area contributed by atoms with Gasteiger partial charge in [-0.3, -0.25) is 9.59 Å². The zero-order valence-electron chi connectivity index (χ0n) is 18.7.